The van der Waals surface area contributed by atoms with Gasteiger partial charge in [0.05, 0.1) is 26.1 Å². The molecular formula is C21H28N2O4S. The number of sulfonamides is 1. The number of aryl methyl sites for hydroxylation is 1. The first-order valence-corrected chi connectivity index (χ1v) is 11.2. The Morgan fingerprint density at radius 3 is 2.57 bits per heavy atom. The smallest absolute Gasteiger partial charge is 0.211 e. The topological polar surface area (TPSA) is 67.9 Å². The summed E-state index contributed by atoms with van der Waals surface area (Å²) >= 11 is 0. The number of nitrogens with zero attached hydrogens (tertiary/aromatic N) is 1. The first-order valence-electron chi connectivity index (χ1n) is 9.54. The Kier molecular flexibility index (Phi) is 7.44. The number of benzene rings is 2. The second-order valence-corrected chi connectivity index (χ2v) is 8.77. The zero-order valence-corrected chi connectivity index (χ0v) is 17.0. The summed E-state index contributed by atoms with van der Waals surface area (Å²) in [5, 5.41) is 0. The quantitative estimate of drug-likeness (QED) is 0.694. The Bertz CT molecular complexity index is 836. The molecule has 0 spiro atoms. The monoisotopic (exact) mass is 404 g/mol. The van der Waals surface area contributed by atoms with E-state index in [-0.39, 0.29) is 11.8 Å². The van der Waals surface area contributed by atoms with Crippen LogP contribution in [-0.4, -0.2) is 59.0 Å². The molecule has 3 rings (SSSR count). The van der Waals surface area contributed by atoms with Gasteiger partial charge in [0.25, 0.3) is 0 Å². The molecule has 1 aliphatic rings. The number of rotatable bonds is 9. The zero-order chi connectivity index (χ0) is 19.8. The fourth-order valence-electron chi connectivity index (χ4n) is 3.37. The minimum Gasteiger partial charge on any atom is -0.497 e. The second-order valence-electron chi connectivity index (χ2n) is 6.84. The van der Waals surface area contributed by atoms with Crippen LogP contribution in [-0.2, 0) is 21.2 Å². The van der Waals surface area contributed by atoms with Crippen LogP contribution < -0.4 is 9.46 Å². The van der Waals surface area contributed by atoms with Crippen LogP contribution in [0.4, 0.5) is 0 Å². The van der Waals surface area contributed by atoms with Crippen LogP contribution in [0.25, 0.3) is 0 Å². The molecule has 0 aliphatic carbocycles. The van der Waals surface area contributed by atoms with E-state index in [4.69, 9.17) is 9.47 Å². The summed E-state index contributed by atoms with van der Waals surface area (Å²) in [4.78, 5) is 2.26. The van der Waals surface area contributed by atoms with Gasteiger partial charge >= 0.3 is 0 Å². The summed E-state index contributed by atoms with van der Waals surface area (Å²) < 4.78 is 38.7. The predicted octanol–water partition coefficient (Wildman–Crippen LogP) is 2.23. The number of nitrogens with one attached hydrogen (secondary N) is 1. The molecule has 1 aliphatic heterocycles. The molecule has 1 saturated heterocycles. The van der Waals surface area contributed by atoms with Gasteiger partial charge in [-0.15, -0.1) is 0 Å². The van der Waals surface area contributed by atoms with Crippen molar-refractivity contribution in [3.63, 3.8) is 0 Å². The maximum absolute atomic E-state index is 12.6. The standard InChI is InChI=1S/C21H28N2O4S/c1-26-20-9-5-8-19(16-20)21(23-11-13-27-14-12-23)17-22-28(24,25)15-10-18-6-3-2-4-7-18/h2-9,16,21-22H,10-15,17H2,1H3. The summed E-state index contributed by atoms with van der Waals surface area (Å²) in [5.74, 6) is 0.841. The van der Waals surface area contributed by atoms with E-state index >= 15 is 0 Å². The van der Waals surface area contributed by atoms with Gasteiger partial charge < -0.3 is 9.47 Å². The first kappa shape index (κ1) is 20.8. The van der Waals surface area contributed by atoms with E-state index in [1.165, 1.54) is 0 Å². The molecule has 1 atom stereocenters. The predicted molar refractivity (Wildman–Crippen MR) is 110 cm³/mol. The number of ether oxygens (including phenoxy) is 2. The maximum Gasteiger partial charge on any atom is 0.211 e. The molecule has 0 aromatic heterocycles. The summed E-state index contributed by atoms with van der Waals surface area (Å²) in [6, 6.07) is 17.4. The van der Waals surface area contributed by atoms with Gasteiger partial charge in [-0.1, -0.05) is 42.5 Å². The molecule has 0 amide bonds. The average Bonchev–Trinajstić information content (AvgIpc) is 2.74. The van der Waals surface area contributed by atoms with Crippen molar-refractivity contribution in [1.82, 2.24) is 9.62 Å². The highest BCUT2D eigenvalue weighted by Gasteiger charge is 2.24. The molecule has 1 fully saturated rings. The van der Waals surface area contributed by atoms with Gasteiger partial charge in [-0.2, -0.15) is 0 Å². The Hall–Kier alpha value is -1.93. The molecule has 6 nitrogen and oxygen atoms in total. The maximum atomic E-state index is 12.6. The van der Waals surface area contributed by atoms with E-state index in [0.29, 0.717) is 26.2 Å². The van der Waals surface area contributed by atoms with Gasteiger partial charge in [-0.3, -0.25) is 4.90 Å². The number of hydrogen-bond donors (Lipinski definition) is 1. The fraction of sp³-hybridized carbons (Fsp3) is 0.429. The van der Waals surface area contributed by atoms with Crippen molar-refractivity contribution in [2.75, 3.05) is 45.7 Å². The summed E-state index contributed by atoms with van der Waals surface area (Å²) in [6.07, 6.45) is 0.498. The number of hydrogen-bond acceptors (Lipinski definition) is 5. The van der Waals surface area contributed by atoms with Crippen molar-refractivity contribution in [1.29, 1.82) is 0 Å². The largest absolute Gasteiger partial charge is 0.497 e. The third kappa shape index (κ3) is 6.04. The highest BCUT2D eigenvalue weighted by Crippen LogP contribution is 2.25. The molecule has 7 heteroatoms. The molecule has 1 heterocycles. The lowest BCUT2D eigenvalue weighted by Gasteiger charge is -2.35. The fourth-order valence-corrected chi connectivity index (χ4v) is 4.43. The minimum atomic E-state index is -3.38. The van der Waals surface area contributed by atoms with Crippen LogP contribution in [0.2, 0.25) is 0 Å². The molecule has 1 unspecified atom stereocenters. The average molecular weight is 405 g/mol. The molecule has 2 aromatic carbocycles. The highest BCUT2D eigenvalue weighted by atomic mass is 32.2. The highest BCUT2D eigenvalue weighted by molar-refractivity contribution is 7.89. The molecule has 0 radical (unpaired) electrons. The van der Waals surface area contributed by atoms with E-state index in [9.17, 15) is 8.42 Å². The van der Waals surface area contributed by atoms with E-state index in [0.717, 1.165) is 30.0 Å². The van der Waals surface area contributed by atoms with Crippen molar-refractivity contribution in [3.05, 3.63) is 65.7 Å². The second kappa shape index (κ2) is 10.0. The van der Waals surface area contributed by atoms with Crippen LogP contribution in [0.3, 0.4) is 0 Å². The Labute approximate surface area is 167 Å². The summed E-state index contributed by atoms with van der Waals surface area (Å²) in [6.45, 7) is 3.17. The molecular weight excluding hydrogens is 376 g/mol. The third-order valence-electron chi connectivity index (χ3n) is 4.96. The lowest BCUT2D eigenvalue weighted by Crippen LogP contribution is -2.44. The van der Waals surface area contributed by atoms with Gasteiger partial charge in [0, 0.05) is 25.7 Å². The lowest BCUT2D eigenvalue weighted by atomic mass is 10.0. The molecule has 1 N–H and O–H groups in total. The first-order chi connectivity index (χ1) is 13.6. The summed E-state index contributed by atoms with van der Waals surface area (Å²) in [7, 11) is -1.74. The van der Waals surface area contributed by atoms with Gasteiger partial charge in [-0.25, -0.2) is 13.1 Å². The van der Waals surface area contributed by atoms with Crippen LogP contribution in [0.1, 0.15) is 17.2 Å². The van der Waals surface area contributed by atoms with Crippen LogP contribution >= 0.6 is 0 Å². The van der Waals surface area contributed by atoms with Gasteiger partial charge in [0.1, 0.15) is 5.75 Å². The number of morpholine rings is 1. The minimum absolute atomic E-state index is 0.0644. The SMILES string of the molecule is COc1cccc(C(CNS(=O)(=O)CCc2ccccc2)N2CCOCC2)c1. The molecule has 28 heavy (non-hydrogen) atoms. The Balaban J connectivity index is 1.68. The van der Waals surface area contributed by atoms with Crippen molar-refractivity contribution in [3.8, 4) is 5.75 Å². The van der Waals surface area contributed by atoms with Gasteiger partial charge in [0.15, 0.2) is 0 Å². The van der Waals surface area contributed by atoms with Crippen LogP contribution in [0.5, 0.6) is 5.75 Å². The molecule has 2 aromatic rings. The summed E-state index contributed by atoms with van der Waals surface area (Å²) in [5.41, 5.74) is 2.05. The van der Waals surface area contributed by atoms with Gasteiger partial charge in [-0.05, 0) is 29.7 Å². The zero-order valence-electron chi connectivity index (χ0n) is 16.2. The van der Waals surface area contributed by atoms with Crippen molar-refractivity contribution < 1.29 is 17.9 Å². The van der Waals surface area contributed by atoms with E-state index in [1.807, 2.05) is 54.6 Å². The van der Waals surface area contributed by atoms with Gasteiger partial charge in [0.2, 0.25) is 10.0 Å². The van der Waals surface area contributed by atoms with Crippen molar-refractivity contribution in [2.45, 2.75) is 12.5 Å². The Morgan fingerprint density at radius 1 is 1.11 bits per heavy atom. The van der Waals surface area contributed by atoms with E-state index in [2.05, 4.69) is 9.62 Å². The lowest BCUT2D eigenvalue weighted by molar-refractivity contribution is 0.0171. The van der Waals surface area contributed by atoms with Crippen molar-refractivity contribution in [2.24, 2.45) is 0 Å². The third-order valence-corrected chi connectivity index (χ3v) is 6.31. The molecule has 0 bridgehead atoms. The van der Waals surface area contributed by atoms with E-state index < -0.39 is 10.0 Å². The number of methoxy groups -OCH3 is 1. The Morgan fingerprint density at radius 2 is 1.86 bits per heavy atom. The van der Waals surface area contributed by atoms with E-state index in [1.54, 1.807) is 7.11 Å². The molecule has 152 valence electrons. The van der Waals surface area contributed by atoms with Crippen LogP contribution in [0, 0.1) is 0 Å². The van der Waals surface area contributed by atoms with Crippen molar-refractivity contribution >= 4 is 10.0 Å². The molecule has 0 saturated carbocycles. The normalized spacial score (nSPS) is 16.6. The van der Waals surface area contributed by atoms with Crippen LogP contribution in [0.15, 0.2) is 54.6 Å².